The van der Waals surface area contributed by atoms with Gasteiger partial charge in [-0.05, 0) is 39.8 Å². The minimum absolute atomic E-state index is 0.0484. The fourth-order valence-electron chi connectivity index (χ4n) is 4.66. The Morgan fingerprint density at radius 2 is 1.15 bits per heavy atom. The Morgan fingerprint density at radius 3 is 1.53 bits per heavy atom. The molecule has 2 rings (SSSR count). The molecule has 0 N–H and O–H groups in total. The van der Waals surface area contributed by atoms with Gasteiger partial charge in [0.15, 0.2) is 0 Å². The van der Waals surface area contributed by atoms with Gasteiger partial charge in [-0.2, -0.15) is 0 Å². The van der Waals surface area contributed by atoms with Crippen molar-refractivity contribution < 1.29 is 28.7 Å². The Bertz CT molecular complexity index is 753. The van der Waals surface area contributed by atoms with E-state index in [1.165, 1.54) is 26.4 Å². The summed E-state index contributed by atoms with van der Waals surface area (Å²) in [5.41, 5.74) is -0.720. The van der Waals surface area contributed by atoms with Crippen molar-refractivity contribution in [1.29, 1.82) is 0 Å². The molecular formula is C24H40N4O6. The van der Waals surface area contributed by atoms with Crippen molar-refractivity contribution in [2.75, 3.05) is 66.6 Å². The van der Waals surface area contributed by atoms with Crippen LogP contribution in [0, 0.1) is 0 Å². The van der Waals surface area contributed by atoms with E-state index in [9.17, 15) is 19.2 Å². The van der Waals surface area contributed by atoms with E-state index in [1.54, 1.807) is 4.90 Å². The molecule has 2 fully saturated rings. The van der Waals surface area contributed by atoms with Gasteiger partial charge >= 0.3 is 11.9 Å². The Hall–Kier alpha value is -2.72. The Balaban J connectivity index is 0.000000350. The van der Waals surface area contributed by atoms with E-state index < -0.39 is 0 Å². The van der Waals surface area contributed by atoms with Gasteiger partial charge in [-0.1, -0.05) is 13.2 Å². The predicted octanol–water partition coefficient (Wildman–Crippen LogP) is 0.536. The first-order chi connectivity index (χ1) is 15.8. The summed E-state index contributed by atoms with van der Waals surface area (Å²) >= 11 is 0. The zero-order valence-electron chi connectivity index (χ0n) is 21.5. The molecule has 2 heterocycles. The number of rotatable bonds is 6. The maximum absolute atomic E-state index is 12.1. The highest BCUT2D eigenvalue weighted by Gasteiger charge is 2.46. The van der Waals surface area contributed by atoms with Gasteiger partial charge in [-0.25, -0.2) is 0 Å². The van der Waals surface area contributed by atoms with Gasteiger partial charge in [0.2, 0.25) is 11.8 Å². The largest absolute Gasteiger partial charge is 0.468 e. The third-order valence-corrected chi connectivity index (χ3v) is 5.85. The number of carbonyl (C=O) groups is 4. The lowest BCUT2D eigenvalue weighted by Crippen LogP contribution is -2.70. The first kappa shape index (κ1) is 29.3. The monoisotopic (exact) mass is 480 g/mol. The maximum atomic E-state index is 12.1. The third-order valence-electron chi connectivity index (χ3n) is 5.85. The molecule has 0 atom stereocenters. The van der Waals surface area contributed by atoms with Crippen LogP contribution in [0.3, 0.4) is 0 Å². The summed E-state index contributed by atoms with van der Waals surface area (Å²) in [7, 11) is 2.76. The molecule has 0 aromatic carbocycles. The van der Waals surface area contributed by atoms with Crippen LogP contribution in [0.25, 0.3) is 0 Å². The molecule has 2 amide bonds. The zero-order chi connectivity index (χ0) is 26.1. The van der Waals surface area contributed by atoms with E-state index in [2.05, 4.69) is 17.9 Å². The molecule has 10 nitrogen and oxygen atoms in total. The second-order valence-electron chi connectivity index (χ2n) is 9.61. The molecule has 2 aliphatic rings. The maximum Gasteiger partial charge on any atom is 0.319 e. The molecule has 0 radical (unpaired) electrons. The Kier molecular flexibility index (Phi) is 10.9. The van der Waals surface area contributed by atoms with Crippen molar-refractivity contribution in [3.8, 4) is 0 Å². The average molecular weight is 481 g/mol. The molecule has 0 spiro atoms. The highest BCUT2D eigenvalue weighted by Crippen LogP contribution is 2.32. The number of piperazine rings is 2. The van der Waals surface area contributed by atoms with Gasteiger partial charge in [-0.15, -0.1) is 0 Å². The van der Waals surface area contributed by atoms with Gasteiger partial charge in [0.25, 0.3) is 0 Å². The minimum atomic E-state index is -0.360. The fourth-order valence-corrected chi connectivity index (χ4v) is 4.66. The summed E-state index contributed by atoms with van der Waals surface area (Å²) in [6, 6.07) is 0. The number of ether oxygens (including phenoxy) is 2. The van der Waals surface area contributed by atoms with Crippen LogP contribution in [0.4, 0.5) is 0 Å². The quantitative estimate of drug-likeness (QED) is 0.401. The summed E-state index contributed by atoms with van der Waals surface area (Å²) in [5.74, 6) is -0.617. The number of nitrogens with zero attached hydrogens (tertiary/aromatic N) is 4. The zero-order valence-corrected chi connectivity index (χ0v) is 21.5. The van der Waals surface area contributed by atoms with Gasteiger partial charge in [0.1, 0.15) is 0 Å². The van der Waals surface area contributed by atoms with Gasteiger partial charge in [-0.3, -0.25) is 29.0 Å². The van der Waals surface area contributed by atoms with Crippen LogP contribution in [-0.4, -0.2) is 121 Å². The van der Waals surface area contributed by atoms with Crippen molar-refractivity contribution in [1.82, 2.24) is 19.6 Å². The van der Waals surface area contributed by atoms with Crippen molar-refractivity contribution in [3.63, 3.8) is 0 Å². The second-order valence-corrected chi connectivity index (χ2v) is 9.61. The molecule has 0 aromatic heterocycles. The molecule has 0 bridgehead atoms. The van der Waals surface area contributed by atoms with E-state index in [4.69, 9.17) is 4.74 Å². The lowest BCUT2D eigenvalue weighted by molar-refractivity contribution is -0.152. The van der Waals surface area contributed by atoms with Crippen LogP contribution < -0.4 is 0 Å². The first-order valence-electron chi connectivity index (χ1n) is 11.3. The molecule has 10 heteroatoms. The molecule has 2 aliphatic heterocycles. The van der Waals surface area contributed by atoms with Gasteiger partial charge in [0, 0.05) is 39.3 Å². The summed E-state index contributed by atoms with van der Waals surface area (Å²) < 4.78 is 9.28. The summed E-state index contributed by atoms with van der Waals surface area (Å²) in [5, 5.41) is 0. The van der Waals surface area contributed by atoms with Crippen molar-refractivity contribution in [2.45, 2.75) is 38.8 Å². The molecule has 34 heavy (non-hydrogen) atoms. The van der Waals surface area contributed by atoms with E-state index in [-0.39, 0.29) is 41.4 Å². The van der Waals surface area contributed by atoms with Crippen LogP contribution >= 0.6 is 0 Å². The summed E-state index contributed by atoms with van der Waals surface area (Å²) in [6.45, 7) is 19.5. The van der Waals surface area contributed by atoms with Crippen LogP contribution in [0.5, 0.6) is 0 Å². The smallest absolute Gasteiger partial charge is 0.319 e. The minimum Gasteiger partial charge on any atom is -0.468 e. The lowest BCUT2D eigenvalue weighted by atomic mass is 9.87. The molecular weight excluding hydrogens is 440 g/mol. The Labute approximate surface area is 203 Å². The summed E-state index contributed by atoms with van der Waals surface area (Å²) in [6.07, 6.45) is 2.66. The molecule has 0 aromatic rings. The molecule has 0 saturated carbocycles. The van der Waals surface area contributed by atoms with Crippen molar-refractivity contribution in [3.05, 3.63) is 25.3 Å². The first-order valence-corrected chi connectivity index (χ1v) is 11.3. The van der Waals surface area contributed by atoms with Gasteiger partial charge < -0.3 is 19.3 Å². The molecule has 192 valence electrons. The number of methoxy groups -OCH3 is 2. The number of hydrogen-bond donors (Lipinski definition) is 0. The van der Waals surface area contributed by atoms with Crippen LogP contribution in [0.1, 0.15) is 27.7 Å². The van der Waals surface area contributed by atoms with E-state index in [0.29, 0.717) is 45.8 Å². The highest BCUT2D eigenvalue weighted by atomic mass is 16.5. The number of hydrogen-bond acceptors (Lipinski definition) is 8. The van der Waals surface area contributed by atoms with Crippen LogP contribution in [0.2, 0.25) is 0 Å². The highest BCUT2D eigenvalue weighted by molar-refractivity contribution is 5.88. The van der Waals surface area contributed by atoms with E-state index in [1.807, 2.05) is 42.4 Å². The summed E-state index contributed by atoms with van der Waals surface area (Å²) in [4.78, 5) is 53.3. The SMILES string of the molecule is C=CC(=O)N1C(C)(C)CN(CC(=O)OC)CC1(C)C.C=CC(=O)N1CCN(CC(=O)OC)CC1. The molecule has 0 unspecified atom stereocenters. The molecule has 2 saturated heterocycles. The van der Waals surface area contributed by atoms with Crippen LogP contribution in [0.15, 0.2) is 25.3 Å². The lowest BCUT2D eigenvalue weighted by Gasteiger charge is -2.55. The van der Waals surface area contributed by atoms with Crippen molar-refractivity contribution in [2.24, 2.45) is 0 Å². The number of amides is 2. The standard InChI is InChI=1S/C14H24N2O3.C10H16N2O3/c1-7-11(17)16-13(2,3)9-15(8-12(18)19-6)10-14(16,4)5;1-3-9(13)12-6-4-11(5-7-12)8-10(14)15-2/h7H,1,8-10H2,2-6H3;3H,1,4-8H2,2H3. The second kappa shape index (κ2) is 12.7. The number of esters is 2. The average Bonchev–Trinajstić information content (AvgIpc) is 2.77. The van der Waals surface area contributed by atoms with E-state index in [0.717, 1.165) is 0 Å². The molecule has 0 aliphatic carbocycles. The Morgan fingerprint density at radius 1 is 0.735 bits per heavy atom. The predicted molar refractivity (Wildman–Crippen MR) is 129 cm³/mol. The fraction of sp³-hybridized carbons (Fsp3) is 0.667. The normalized spacial score (nSPS) is 19.8. The van der Waals surface area contributed by atoms with E-state index >= 15 is 0 Å². The topological polar surface area (TPSA) is 99.7 Å². The van der Waals surface area contributed by atoms with Gasteiger partial charge in [0.05, 0.1) is 38.4 Å². The number of carbonyl (C=O) groups excluding carboxylic acids is 4. The van der Waals surface area contributed by atoms with Crippen molar-refractivity contribution >= 4 is 23.8 Å². The van der Waals surface area contributed by atoms with Crippen LogP contribution in [-0.2, 0) is 28.7 Å². The third kappa shape index (κ3) is 8.25.